The molecule has 7 heteroatoms. The summed E-state index contributed by atoms with van der Waals surface area (Å²) in [6.07, 6.45) is 0.166. The summed E-state index contributed by atoms with van der Waals surface area (Å²) in [5.41, 5.74) is 0.907. The van der Waals surface area contributed by atoms with E-state index in [1.807, 2.05) is 0 Å². The van der Waals surface area contributed by atoms with Gasteiger partial charge in [-0.3, -0.25) is 19.3 Å². The Hall–Kier alpha value is -2.18. The molecule has 0 aliphatic carbocycles. The first-order valence-corrected chi connectivity index (χ1v) is 7.66. The van der Waals surface area contributed by atoms with Crippen molar-refractivity contribution < 1.29 is 14.4 Å². The Balaban J connectivity index is 1.84. The molecule has 1 aromatic carbocycles. The Labute approximate surface area is 135 Å². The zero-order chi connectivity index (χ0) is 15.9. The van der Waals surface area contributed by atoms with Crippen molar-refractivity contribution in [3.8, 4) is 0 Å². The first kappa shape index (κ1) is 14.7. The van der Waals surface area contributed by atoms with Crippen LogP contribution in [0.25, 0.3) is 0 Å². The predicted octanol–water partition coefficient (Wildman–Crippen LogP) is 2.81. The molecule has 1 N–H and O–H groups in total. The lowest BCUT2D eigenvalue weighted by Crippen LogP contribution is -2.24. The van der Waals surface area contributed by atoms with Crippen LogP contribution in [0.5, 0.6) is 0 Å². The van der Waals surface area contributed by atoms with Crippen LogP contribution in [0.15, 0.2) is 30.3 Å². The van der Waals surface area contributed by atoms with Crippen LogP contribution < -0.4 is 5.32 Å². The molecule has 0 fully saturated rings. The number of benzene rings is 1. The van der Waals surface area contributed by atoms with Gasteiger partial charge in [0.2, 0.25) is 5.91 Å². The van der Waals surface area contributed by atoms with Crippen LogP contribution in [-0.4, -0.2) is 29.7 Å². The lowest BCUT2D eigenvalue weighted by Gasteiger charge is -2.08. The third kappa shape index (κ3) is 2.51. The maximum absolute atomic E-state index is 12.1. The quantitative estimate of drug-likeness (QED) is 0.878. The summed E-state index contributed by atoms with van der Waals surface area (Å²) in [5, 5.41) is 2.70. The molecule has 3 rings (SSSR count). The van der Waals surface area contributed by atoms with Gasteiger partial charge in [-0.1, -0.05) is 17.7 Å². The maximum Gasteiger partial charge on any atom is 0.263 e. The summed E-state index contributed by atoms with van der Waals surface area (Å²) >= 11 is 7.16. The van der Waals surface area contributed by atoms with Crippen LogP contribution in [0, 0.1) is 0 Å². The average molecular weight is 335 g/mol. The van der Waals surface area contributed by atoms with E-state index in [-0.39, 0.29) is 23.8 Å². The first-order chi connectivity index (χ1) is 10.5. The zero-order valence-corrected chi connectivity index (χ0v) is 13.1. The molecule has 0 atom stereocenters. The van der Waals surface area contributed by atoms with Gasteiger partial charge in [0.05, 0.1) is 27.6 Å². The molecule has 0 bridgehead atoms. The van der Waals surface area contributed by atoms with Crippen molar-refractivity contribution in [3.05, 3.63) is 50.7 Å². The Kier molecular flexibility index (Phi) is 3.72. The summed E-state index contributed by atoms with van der Waals surface area (Å²) in [5.74, 6) is -1.03. The Bertz CT molecular complexity index is 800. The number of anilines is 1. The Morgan fingerprint density at radius 3 is 2.68 bits per heavy atom. The van der Waals surface area contributed by atoms with E-state index in [0.29, 0.717) is 15.6 Å². The molecule has 3 amide bonds. The van der Waals surface area contributed by atoms with E-state index in [0.717, 1.165) is 9.78 Å². The number of imide groups is 1. The minimum Gasteiger partial charge on any atom is -0.325 e. The van der Waals surface area contributed by atoms with Gasteiger partial charge in [0.25, 0.3) is 11.8 Å². The van der Waals surface area contributed by atoms with Crippen LogP contribution in [0.3, 0.4) is 0 Å². The summed E-state index contributed by atoms with van der Waals surface area (Å²) in [4.78, 5) is 38.0. The molecule has 0 spiro atoms. The smallest absolute Gasteiger partial charge is 0.263 e. The van der Waals surface area contributed by atoms with Crippen molar-refractivity contribution in [3.63, 3.8) is 0 Å². The molecule has 0 saturated carbocycles. The number of amides is 3. The number of carbonyl (C=O) groups excluding carboxylic acids is 3. The van der Waals surface area contributed by atoms with Crippen LogP contribution in [0.1, 0.15) is 25.6 Å². The van der Waals surface area contributed by atoms with Gasteiger partial charge in [-0.15, -0.1) is 11.3 Å². The number of rotatable bonds is 3. The summed E-state index contributed by atoms with van der Waals surface area (Å²) < 4.78 is 0.616. The van der Waals surface area contributed by atoms with Crippen LogP contribution in [0.4, 0.5) is 5.69 Å². The molecule has 1 aliphatic heterocycles. The highest BCUT2D eigenvalue weighted by atomic mass is 35.5. The van der Waals surface area contributed by atoms with Gasteiger partial charge in [0, 0.05) is 11.9 Å². The second-order valence-electron chi connectivity index (χ2n) is 4.83. The summed E-state index contributed by atoms with van der Waals surface area (Å²) in [6.45, 7) is 0. The highest BCUT2D eigenvalue weighted by Gasteiger charge is 2.35. The molecule has 0 unspecified atom stereocenters. The average Bonchev–Trinajstić information content (AvgIpc) is 2.97. The topological polar surface area (TPSA) is 66.5 Å². The fourth-order valence-electron chi connectivity index (χ4n) is 2.31. The number of hydrogen-bond donors (Lipinski definition) is 1. The van der Waals surface area contributed by atoms with Crippen molar-refractivity contribution in [1.82, 2.24) is 4.90 Å². The van der Waals surface area contributed by atoms with Gasteiger partial charge in [-0.2, -0.15) is 0 Å². The van der Waals surface area contributed by atoms with Crippen molar-refractivity contribution in [2.24, 2.45) is 0 Å². The molecular formula is C15H11ClN2O3S. The molecule has 112 valence electrons. The zero-order valence-electron chi connectivity index (χ0n) is 11.6. The summed E-state index contributed by atoms with van der Waals surface area (Å²) in [7, 11) is 1.42. The number of nitrogens with one attached hydrogen (secondary N) is 1. The molecule has 2 aromatic rings. The lowest BCUT2D eigenvalue weighted by atomic mass is 10.1. The van der Waals surface area contributed by atoms with Crippen molar-refractivity contribution in [2.75, 3.05) is 12.4 Å². The largest absolute Gasteiger partial charge is 0.325 e. The van der Waals surface area contributed by atoms with E-state index < -0.39 is 5.91 Å². The number of hydrogen-bond acceptors (Lipinski definition) is 4. The molecule has 1 aromatic heterocycles. The molecule has 0 saturated heterocycles. The number of thiophene rings is 1. The highest BCUT2D eigenvalue weighted by molar-refractivity contribution is 7.16. The van der Waals surface area contributed by atoms with E-state index in [1.54, 1.807) is 30.3 Å². The minimum absolute atomic E-state index is 0.166. The third-order valence-electron chi connectivity index (χ3n) is 3.36. The molecule has 22 heavy (non-hydrogen) atoms. The lowest BCUT2D eigenvalue weighted by molar-refractivity contribution is -0.115. The highest BCUT2D eigenvalue weighted by Crippen LogP contribution is 2.29. The first-order valence-electron chi connectivity index (χ1n) is 6.47. The second kappa shape index (κ2) is 5.55. The molecule has 5 nitrogen and oxygen atoms in total. The van der Waals surface area contributed by atoms with Crippen molar-refractivity contribution >= 4 is 46.3 Å². The summed E-state index contributed by atoms with van der Waals surface area (Å²) in [6, 6.07) is 8.34. The van der Waals surface area contributed by atoms with Gasteiger partial charge < -0.3 is 5.32 Å². The van der Waals surface area contributed by atoms with Crippen LogP contribution >= 0.6 is 22.9 Å². The number of carbonyl (C=O) groups is 3. The number of fused-ring (bicyclic) bond motifs is 1. The minimum atomic E-state index is -0.407. The van der Waals surface area contributed by atoms with Gasteiger partial charge in [-0.25, -0.2) is 0 Å². The van der Waals surface area contributed by atoms with Crippen molar-refractivity contribution in [1.29, 1.82) is 0 Å². The van der Waals surface area contributed by atoms with E-state index in [4.69, 9.17) is 11.6 Å². The van der Waals surface area contributed by atoms with Gasteiger partial charge in [0.15, 0.2) is 0 Å². The van der Waals surface area contributed by atoms with Gasteiger partial charge in [-0.05, 0) is 24.3 Å². The Morgan fingerprint density at radius 2 is 2.00 bits per heavy atom. The monoisotopic (exact) mass is 334 g/mol. The SMILES string of the molecule is CN1C(=O)c2cccc(NC(=O)Cc3ccc(Cl)s3)c2C1=O. The number of nitrogens with zero attached hydrogens (tertiary/aromatic N) is 1. The predicted molar refractivity (Wildman–Crippen MR) is 84.5 cm³/mol. The van der Waals surface area contributed by atoms with E-state index in [1.165, 1.54) is 18.4 Å². The van der Waals surface area contributed by atoms with E-state index in [2.05, 4.69) is 5.32 Å². The second-order valence-corrected chi connectivity index (χ2v) is 6.63. The number of halogens is 1. The van der Waals surface area contributed by atoms with E-state index >= 15 is 0 Å². The Morgan fingerprint density at radius 1 is 1.23 bits per heavy atom. The normalized spacial score (nSPS) is 13.5. The van der Waals surface area contributed by atoms with Crippen LogP contribution in [-0.2, 0) is 11.2 Å². The maximum atomic E-state index is 12.1. The molecule has 1 aliphatic rings. The molecule has 2 heterocycles. The van der Waals surface area contributed by atoms with Gasteiger partial charge in [0.1, 0.15) is 0 Å². The molecule has 0 radical (unpaired) electrons. The van der Waals surface area contributed by atoms with E-state index in [9.17, 15) is 14.4 Å². The van der Waals surface area contributed by atoms with Gasteiger partial charge >= 0.3 is 0 Å². The fourth-order valence-corrected chi connectivity index (χ4v) is 3.39. The fraction of sp³-hybridized carbons (Fsp3) is 0.133. The standard InChI is InChI=1S/C15H11ClN2O3S/c1-18-14(20)9-3-2-4-10(13(9)15(18)21)17-12(19)7-8-5-6-11(16)22-8/h2-6H,7H2,1H3,(H,17,19). The molecular weight excluding hydrogens is 324 g/mol. The third-order valence-corrected chi connectivity index (χ3v) is 4.59. The van der Waals surface area contributed by atoms with Crippen molar-refractivity contribution in [2.45, 2.75) is 6.42 Å². The van der Waals surface area contributed by atoms with Crippen LogP contribution in [0.2, 0.25) is 4.34 Å².